The van der Waals surface area contributed by atoms with Crippen LogP contribution in [-0.2, 0) is 0 Å². The zero-order valence-electron chi connectivity index (χ0n) is 5.33. The Labute approximate surface area is 49.5 Å². The predicted molar refractivity (Wildman–Crippen MR) is 29.7 cm³/mol. The van der Waals surface area contributed by atoms with Crippen LogP contribution in [0.2, 0.25) is 0 Å². The molecule has 0 saturated heterocycles. The number of rotatable bonds is 3. The molecule has 50 valence electrons. The molecule has 0 aromatic carbocycles. The van der Waals surface area contributed by atoms with Crippen LogP contribution in [0.25, 0.3) is 0 Å². The van der Waals surface area contributed by atoms with Crippen molar-refractivity contribution >= 4 is 0 Å². The minimum absolute atomic E-state index is 0.230. The van der Waals surface area contributed by atoms with E-state index in [1.165, 1.54) is 0 Å². The molecule has 0 aromatic heterocycles. The smallest absolute Gasteiger partial charge is 0.0538 e. The van der Waals surface area contributed by atoms with Crippen LogP contribution < -0.4 is 0 Å². The molecule has 3 heteroatoms. The highest BCUT2D eigenvalue weighted by molar-refractivity contribution is 4.46. The second kappa shape index (κ2) is 3.83. The van der Waals surface area contributed by atoms with E-state index in [2.05, 4.69) is 0 Å². The maximum Gasteiger partial charge on any atom is 0.0538 e. The van der Waals surface area contributed by atoms with Crippen LogP contribution in [0.15, 0.2) is 0 Å². The normalized spacial score (nSPS) is 14.6. The standard InChI is InChI=1S/C5H13NO2/c1-3-5(2)4-6(7)8/h5,7-8H,3-4H2,1-2H3. The summed E-state index contributed by atoms with van der Waals surface area (Å²) in [7, 11) is 0. The molecule has 0 aliphatic heterocycles. The largest absolute Gasteiger partial charge is 0.290 e. The minimum atomic E-state index is 0.230. The first-order valence-electron chi connectivity index (χ1n) is 2.82. The van der Waals surface area contributed by atoms with Crippen LogP contribution in [0.4, 0.5) is 0 Å². The van der Waals surface area contributed by atoms with Crippen LogP contribution >= 0.6 is 0 Å². The third-order valence-electron chi connectivity index (χ3n) is 1.17. The Morgan fingerprint density at radius 3 is 2.12 bits per heavy atom. The molecule has 1 atom stereocenters. The van der Waals surface area contributed by atoms with E-state index in [-0.39, 0.29) is 5.23 Å². The summed E-state index contributed by atoms with van der Waals surface area (Å²) in [4.78, 5) is 0. The Morgan fingerprint density at radius 2 is 2.00 bits per heavy atom. The molecule has 0 spiro atoms. The molecule has 0 radical (unpaired) electrons. The lowest BCUT2D eigenvalue weighted by Gasteiger charge is -2.10. The first kappa shape index (κ1) is 7.88. The summed E-state index contributed by atoms with van der Waals surface area (Å²) in [5.41, 5.74) is 0. The number of nitrogens with zero attached hydrogens (tertiary/aromatic N) is 1. The molecule has 0 saturated carbocycles. The lowest BCUT2D eigenvalue weighted by Crippen LogP contribution is -2.20. The maximum atomic E-state index is 8.24. The van der Waals surface area contributed by atoms with E-state index < -0.39 is 0 Å². The molecule has 0 fully saturated rings. The van der Waals surface area contributed by atoms with Crippen LogP contribution in [0, 0.1) is 5.92 Å². The van der Waals surface area contributed by atoms with Gasteiger partial charge in [-0.15, -0.1) is 0 Å². The van der Waals surface area contributed by atoms with E-state index in [1.807, 2.05) is 13.8 Å². The van der Waals surface area contributed by atoms with Gasteiger partial charge in [-0.05, 0) is 5.92 Å². The zero-order chi connectivity index (χ0) is 6.57. The molecular weight excluding hydrogens is 106 g/mol. The second-order valence-corrected chi connectivity index (χ2v) is 2.07. The first-order chi connectivity index (χ1) is 3.66. The Kier molecular flexibility index (Phi) is 3.77. The number of hydroxylamine groups is 2. The SMILES string of the molecule is CCC(C)CN(O)O. The Bertz CT molecular complexity index is 56.4. The molecule has 0 heterocycles. The summed E-state index contributed by atoms with van der Waals surface area (Å²) in [5.74, 6) is 0.352. The lowest BCUT2D eigenvalue weighted by atomic mass is 10.1. The van der Waals surface area contributed by atoms with Gasteiger partial charge in [-0.2, -0.15) is 0 Å². The third kappa shape index (κ3) is 4.05. The zero-order valence-corrected chi connectivity index (χ0v) is 5.33. The molecule has 2 N–H and O–H groups in total. The lowest BCUT2D eigenvalue weighted by molar-refractivity contribution is -0.311. The van der Waals surface area contributed by atoms with Gasteiger partial charge in [-0.1, -0.05) is 25.5 Å². The van der Waals surface area contributed by atoms with E-state index in [0.29, 0.717) is 12.5 Å². The van der Waals surface area contributed by atoms with Gasteiger partial charge in [-0.25, -0.2) is 0 Å². The van der Waals surface area contributed by atoms with Gasteiger partial charge in [0, 0.05) is 0 Å². The van der Waals surface area contributed by atoms with Crippen molar-refractivity contribution in [1.82, 2.24) is 5.23 Å². The van der Waals surface area contributed by atoms with Gasteiger partial charge in [0.05, 0.1) is 6.54 Å². The topological polar surface area (TPSA) is 43.7 Å². The van der Waals surface area contributed by atoms with Gasteiger partial charge in [0.1, 0.15) is 0 Å². The summed E-state index contributed by atoms with van der Waals surface area (Å²) in [6, 6.07) is 0. The minimum Gasteiger partial charge on any atom is -0.290 e. The molecule has 3 nitrogen and oxygen atoms in total. The van der Waals surface area contributed by atoms with E-state index in [9.17, 15) is 0 Å². The molecule has 8 heavy (non-hydrogen) atoms. The highest BCUT2D eigenvalue weighted by Crippen LogP contribution is 1.99. The van der Waals surface area contributed by atoms with Crippen LogP contribution in [0.1, 0.15) is 20.3 Å². The van der Waals surface area contributed by atoms with Crippen molar-refractivity contribution in [3.8, 4) is 0 Å². The van der Waals surface area contributed by atoms with Gasteiger partial charge in [-0.3, -0.25) is 10.4 Å². The maximum absolute atomic E-state index is 8.24. The van der Waals surface area contributed by atoms with Crippen molar-refractivity contribution in [3.05, 3.63) is 0 Å². The van der Waals surface area contributed by atoms with Crippen LogP contribution in [-0.4, -0.2) is 22.2 Å². The summed E-state index contributed by atoms with van der Waals surface area (Å²) < 4.78 is 0. The average molecular weight is 119 g/mol. The molecule has 0 bridgehead atoms. The number of hydrogen-bond donors (Lipinski definition) is 2. The van der Waals surface area contributed by atoms with Crippen molar-refractivity contribution in [2.45, 2.75) is 20.3 Å². The van der Waals surface area contributed by atoms with Crippen LogP contribution in [0.5, 0.6) is 0 Å². The Morgan fingerprint density at radius 1 is 1.50 bits per heavy atom. The quantitative estimate of drug-likeness (QED) is 0.547. The van der Waals surface area contributed by atoms with Gasteiger partial charge in [0.25, 0.3) is 0 Å². The summed E-state index contributed by atoms with van der Waals surface area (Å²) >= 11 is 0. The van der Waals surface area contributed by atoms with Gasteiger partial charge in [0.15, 0.2) is 0 Å². The predicted octanol–water partition coefficient (Wildman–Crippen LogP) is 1.11. The van der Waals surface area contributed by atoms with E-state index in [1.54, 1.807) is 0 Å². The van der Waals surface area contributed by atoms with Crippen molar-refractivity contribution in [2.75, 3.05) is 6.54 Å². The Balaban J connectivity index is 3.10. The monoisotopic (exact) mass is 119 g/mol. The van der Waals surface area contributed by atoms with Crippen molar-refractivity contribution in [3.63, 3.8) is 0 Å². The second-order valence-electron chi connectivity index (χ2n) is 2.07. The molecule has 0 aliphatic carbocycles. The molecular formula is C5H13NO2. The fraction of sp³-hybridized carbons (Fsp3) is 1.00. The van der Waals surface area contributed by atoms with Crippen molar-refractivity contribution < 1.29 is 10.4 Å². The highest BCUT2D eigenvalue weighted by Gasteiger charge is 2.00. The molecule has 0 rings (SSSR count). The molecule has 0 amide bonds. The number of hydrogen-bond acceptors (Lipinski definition) is 3. The van der Waals surface area contributed by atoms with Crippen molar-refractivity contribution in [2.24, 2.45) is 5.92 Å². The van der Waals surface area contributed by atoms with Crippen LogP contribution in [0.3, 0.4) is 0 Å². The van der Waals surface area contributed by atoms with Gasteiger partial charge >= 0.3 is 0 Å². The van der Waals surface area contributed by atoms with E-state index >= 15 is 0 Å². The fourth-order valence-corrected chi connectivity index (χ4v) is 0.408. The van der Waals surface area contributed by atoms with Crippen molar-refractivity contribution in [1.29, 1.82) is 0 Å². The third-order valence-corrected chi connectivity index (χ3v) is 1.17. The van der Waals surface area contributed by atoms with E-state index in [4.69, 9.17) is 10.4 Å². The Hall–Kier alpha value is -0.120. The summed E-state index contributed by atoms with van der Waals surface area (Å²) in [6.07, 6.45) is 0.970. The molecule has 0 aromatic rings. The summed E-state index contributed by atoms with van der Waals surface area (Å²) in [5, 5.41) is 16.7. The fourth-order valence-electron chi connectivity index (χ4n) is 0.408. The molecule has 0 aliphatic rings. The molecule has 1 unspecified atom stereocenters. The summed E-state index contributed by atoms with van der Waals surface area (Å²) in [6.45, 7) is 4.30. The first-order valence-corrected chi connectivity index (χ1v) is 2.82. The average Bonchev–Trinajstić information content (AvgIpc) is 1.65. The van der Waals surface area contributed by atoms with Gasteiger partial charge < -0.3 is 0 Å². The van der Waals surface area contributed by atoms with Gasteiger partial charge in [0.2, 0.25) is 0 Å². The highest BCUT2D eigenvalue weighted by atomic mass is 16.8. The van der Waals surface area contributed by atoms with E-state index in [0.717, 1.165) is 6.42 Å².